The molecular formula is C15H23NO3. The molecule has 0 aliphatic rings. The largest absolute Gasteiger partial charge is 0.481 e. The number of hydrogen-bond acceptors (Lipinski definition) is 3. The lowest BCUT2D eigenvalue weighted by Crippen LogP contribution is -2.09. The van der Waals surface area contributed by atoms with Gasteiger partial charge >= 0.3 is 5.97 Å². The molecule has 1 aromatic rings. The maximum Gasteiger partial charge on any atom is 0.303 e. The van der Waals surface area contributed by atoms with E-state index in [1.165, 1.54) is 0 Å². The van der Waals surface area contributed by atoms with Gasteiger partial charge < -0.3 is 9.84 Å². The summed E-state index contributed by atoms with van der Waals surface area (Å²) in [6, 6.07) is 3.74. The number of aliphatic carboxylic acids is 1. The first-order valence-corrected chi connectivity index (χ1v) is 6.75. The fraction of sp³-hybridized carbons (Fsp3) is 0.600. The summed E-state index contributed by atoms with van der Waals surface area (Å²) in [6.07, 6.45) is 4.77. The van der Waals surface area contributed by atoms with Crippen LogP contribution in [0.4, 0.5) is 0 Å². The van der Waals surface area contributed by atoms with Gasteiger partial charge in [0.25, 0.3) is 0 Å². The highest BCUT2D eigenvalue weighted by Gasteiger charge is 2.19. The van der Waals surface area contributed by atoms with E-state index < -0.39 is 5.97 Å². The number of aromatic nitrogens is 1. The standard InChI is InChI=1S/C15H23NO3/c1-11(2)6-4-7-12(10-14(17)18)13-8-5-9-16-15(13)19-3/h5,8-9,11-12H,4,6-7,10H2,1-3H3,(H,17,18). The Balaban J connectivity index is 2.80. The molecule has 0 spiro atoms. The van der Waals surface area contributed by atoms with Gasteiger partial charge in [0.2, 0.25) is 5.88 Å². The Morgan fingerprint density at radius 2 is 2.16 bits per heavy atom. The second-order valence-corrected chi connectivity index (χ2v) is 5.22. The van der Waals surface area contributed by atoms with Crippen molar-refractivity contribution in [1.82, 2.24) is 4.98 Å². The number of pyridine rings is 1. The van der Waals surface area contributed by atoms with Crippen molar-refractivity contribution in [3.8, 4) is 5.88 Å². The second kappa shape index (κ2) is 7.77. The van der Waals surface area contributed by atoms with Gasteiger partial charge in [0.05, 0.1) is 13.5 Å². The molecule has 106 valence electrons. The first-order valence-electron chi connectivity index (χ1n) is 6.75. The molecule has 0 aromatic carbocycles. The average molecular weight is 265 g/mol. The number of carbonyl (C=O) groups is 1. The van der Waals surface area contributed by atoms with E-state index in [-0.39, 0.29) is 12.3 Å². The Labute approximate surface area is 114 Å². The second-order valence-electron chi connectivity index (χ2n) is 5.22. The third-order valence-electron chi connectivity index (χ3n) is 3.19. The molecule has 1 heterocycles. The monoisotopic (exact) mass is 265 g/mol. The molecule has 0 bridgehead atoms. The molecule has 0 saturated heterocycles. The van der Waals surface area contributed by atoms with Crippen molar-refractivity contribution in [2.45, 2.75) is 45.4 Å². The Bertz CT molecular complexity index is 404. The smallest absolute Gasteiger partial charge is 0.303 e. The highest BCUT2D eigenvalue weighted by molar-refractivity contribution is 5.68. The van der Waals surface area contributed by atoms with Crippen LogP contribution in [-0.2, 0) is 4.79 Å². The molecule has 0 saturated carbocycles. The minimum Gasteiger partial charge on any atom is -0.481 e. The zero-order chi connectivity index (χ0) is 14.3. The van der Waals surface area contributed by atoms with Crippen LogP contribution < -0.4 is 4.74 Å². The van der Waals surface area contributed by atoms with Gasteiger partial charge in [-0.1, -0.05) is 32.8 Å². The molecule has 0 fully saturated rings. The summed E-state index contributed by atoms with van der Waals surface area (Å²) in [6.45, 7) is 4.35. The SMILES string of the molecule is COc1ncccc1C(CCCC(C)C)CC(=O)O. The Morgan fingerprint density at radius 1 is 1.42 bits per heavy atom. The first-order chi connectivity index (χ1) is 9.04. The van der Waals surface area contributed by atoms with Gasteiger partial charge in [-0.15, -0.1) is 0 Å². The molecule has 1 N–H and O–H groups in total. The molecule has 1 rings (SSSR count). The first kappa shape index (κ1) is 15.5. The van der Waals surface area contributed by atoms with Crippen LogP contribution in [0.2, 0.25) is 0 Å². The van der Waals surface area contributed by atoms with E-state index in [0.29, 0.717) is 11.8 Å². The molecule has 0 aliphatic heterocycles. The van der Waals surface area contributed by atoms with E-state index >= 15 is 0 Å². The zero-order valence-electron chi connectivity index (χ0n) is 11.9. The quantitative estimate of drug-likeness (QED) is 0.781. The van der Waals surface area contributed by atoms with E-state index in [1.54, 1.807) is 13.3 Å². The summed E-state index contributed by atoms with van der Waals surface area (Å²) in [5.41, 5.74) is 0.899. The zero-order valence-corrected chi connectivity index (χ0v) is 11.9. The summed E-state index contributed by atoms with van der Waals surface area (Å²) >= 11 is 0. The van der Waals surface area contributed by atoms with E-state index in [2.05, 4.69) is 18.8 Å². The van der Waals surface area contributed by atoms with Crippen LogP contribution in [0, 0.1) is 5.92 Å². The fourth-order valence-electron chi connectivity index (χ4n) is 2.24. The number of methoxy groups -OCH3 is 1. The summed E-state index contributed by atoms with van der Waals surface area (Å²) < 4.78 is 5.23. The van der Waals surface area contributed by atoms with Crippen molar-refractivity contribution >= 4 is 5.97 Å². The Hall–Kier alpha value is -1.58. The molecular weight excluding hydrogens is 242 g/mol. The van der Waals surface area contributed by atoms with Crippen molar-refractivity contribution in [2.24, 2.45) is 5.92 Å². The normalized spacial score (nSPS) is 12.4. The molecule has 1 aromatic heterocycles. The fourth-order valence-corrected chi connectivity index (χ4v) is 2.24. The summed E-state index contributed by atoms with van der Waals surface area (Å²) in [4.78, 5) is 15.2. The topological polar surface area (TPSA) is 59.4 Å². The van der Waals surface area contributed by atoms with Gasteiger partial charge in [0.1, 0.15) is 0 Å². The Morgan fingerprint density at radius 3 is 2.74 bits per heavy atom. The maximum absolute atomic E-state index is 11.0. The van der Waals surface area contributed by atoms with E-state index in [9.17, 15) is 4.79 Å². The third kappa shape index (κ3) is 5.28. The van der Waals surface area contributed by atoms with Crippen molar-refractivity contribution in [3.05, 3.63) is 23.9 Å². The minimum absolute atomic E-state index is 0.0279. The molecule has 1 unspecified atom stereocenters. The summed E-state index contributed by atoms with van der Waals surface area (Å²) in [5, 5.41) is 9.06. The van der Waals surface area contributed by atoms with Gasteiger partial charge in [-0.2, -0.15) is 0 Å². The summed E-state index contributed by atoms with van der Waals surface area (Å²) in [7, 11) is 1.57. The third-order valence-corrected chi connectivity index (χ3v) is 3.19. The number of carboxylic acid groups (broad SMARTS) is 1. The van der Waals surface area contributed by atoms with Gasteiger partial charge in [-0.25, -0.2) is 4.98 Å². The lowest BCUT2D eigenvalue weighted by molar-refractivity contribution is -0.137. The molecule has 1 atom stereocenters. The van der Waals surface area contributed by atoms with Crippen LogP contribution in [0.1, 0.15) is 51.0 Å². The van der Waals surface area contributed by atoms with Crippen LogP contribution in [0.5, 0.6) is 5.88 Å². The number of hydrogen-bond donors (Lipinski definition) is 1. The number of nitrogens with zero attached hydrogens (tertiary/aromatic N) is 1. The van der Waals surface area contributed by atoms with Crippen molar-refractivity contribution in [2.75, 3.05) is 7.11 Å². The number of ether oxygens (including phenoxy) is 1. The van der Waals surface area contributed by atoms with Gasteiger partial charge in [0.15, 0.2) is 0 Å². The molecule has 0 aliphatic carbocycles. The lowest BCUT2D eigenvalue weighted by atomic mass is 9.90. The van der Waals surface area contributed by atoms with Crippen LogP contribution in [-0.4, -0.2) is 23.2 Å². The highest BCUT2D eigenvalue weighted by atomic mass is 16.5. The van der Waals surface area contributed by atoms with Crippen LogP contribution in [0.25, 0.3) is 0 Å². The lowest BCUT2D eigenvalue weighted by Gasteiger charge is -2.17. The van der Waals surface area contributed by atoms with E-state index in [4.69, 9.17) is 9.84 Å². The van der Waals surface area contributed by atoms with E-state index in [0.717, 1.165) is 24.8 Å². The molecule has 4 heteroatoms. The van der Waals surface area contributed by atoms with Crippen molar-refractivity contribution in [1.29, 1.82) is 0 Å². The average Bonchev–Trinajstić information content (AvgIpc) is 2.36. The predicted molar refractivity (Wildman–Crippen MR) is 74.5 cm³/mol. The minimum atomic E-state index is -0.777. The molecule has 19 heavy (non-hydrogen) atoms. The number of carboxylic acids is 1. The highest BCUT2D eigenvalue weighted by Crippen LogP contribution is 2.31. The number of rotatable bonds is 8. The molecule has 0 amide bonds. The molecule has 4 nitrogen and oxygen atoms in total. The molecule has 0 radical (unpaired) electrons. The maximum atomic E-state index is 11.0. The summed E-state index contributed by atoms with van der Waals surface area (Å²) in [5.74, 6) is 0.375. The van der Waals surface area contributed by atoms with Crippen LogP contribution in [0.15, 0.2) is 18.3 Å². The van der Waals surface area contributed by atoms with Crippen LogP contribution in [0.3, 0.4) is 0 Å². The van der Waals surface area contributed by atoms with Crippen molar-refractivity contribution in [3.63, 3.8) is 0 Å². The van der Waals surface area contributed by atoms with Crippen molar-refractivity contribution < 1.29 is 14.6 Å². The van der Waals surface area contributed by atoms with E-state index in [1.807, 2.05) is 12.1 Å². The van der Waals surface area contributed by atoms with Gasteiger partial charge in [0, 0.05) is 11.8 Å². The van der Waals surface area contributed by atoms with Gasteiger partial charge in [-0.05, 0) is 24.3 Å². The Kier molecular flexibility index (Phi) is 6.33. The van der Waals surface area contributed by atoms with Crippen LogP contribution >= 0.6 is 0 Å². The predicted octanol–water partition coefficient (Wildman–Crippen LogP) is 3.47. The van der Waals surface area contributed by atoms with Gasteiger partial charge in [-0.3, -0.25) is 4.79 Å².